The van der Waals surface area contributed by atoms with Gasteiger partial charge in [-0.2, -0.15) is 16.8 Å². The lowest BCUT2D eigenvalue weighted by molar-refractivity contribution is 0.175. The molecule has 2 N–H and O–H groups in total. The van der Waals surface area contributed by atoms with Gasteiger partial charge in [-0.25, -0.2) is 13.0 Å². The van der Waals surface area contributed by atoms with Gasteiger partial charge in [-0.05, 0) is 24.3 Å². The minimum atomic E-state index is -4.55. The molecule has 0 fully saturated rings. The summed E-state index contributed by atoms with van der Waals surface area (Å²) in [5.41, 5.74) is 0. The first-order chi connectivity index (χ1) is 8.06. The molecule has 0 atom stereocenters. The zero-order valence-corrected chi connectivity index (χ0v) is 10.2. The van der Waals surface area contributed by atoms with Crippen molar-refractivity contribution in [2.75, 3.05) is 6.86 Å². The van der Waals surface area contributed by atoms with Crippen molar-refractivity contribution in [1.29, 1.82) is 0 Å². The van der Waals surface area contributed by atoms with Crippen molar-refractivity contribution in [3.05, 3.63) is 30.1 Å². The quantitative estimate of drug-likeness (QED) is 0.793. The molecular formula is C7H8F2O7S2. The minimum Gasteiger partial charge on any atom is -0.282 e. The van der Waals surface area contributed by atoms with E-state index in [4.69, 9.17) is 9.11 Å². The summed E-state index contributed by atoms with van der Waals surface area (Å²) < 4.78 is 81.4. The Bertz CT molecular complexity index is 564. The summed E-state index contributed by atoms with van der Waals surface area (Å²) in [6.07, 6.45) is 0. The maximum Gasteiger partial charge on any atom is 0.399 e. The Morgan fingerprint density at radius 2 is 1.50 bits per heavy atom. The highest BCUT2D eigenvalue weighted by Crippen LogP contribution is 2.08. The normalized spacial score (nSPS) is 11.6. The average Bonchev–Trinajstić information content (AvgIpc) is 2.15. The number of halogens is 2. The molecule has 0 heterocycles. The fourth-order valence-corrected chi connectivity index (χ4v) is 1.26. The molecule has 18 heavy (non-hydrogen) atoms. The molecule has 0 spiro atoms. The Morgan fingerprint density at radius 1 is 1.06 bits per heavy atom. The summed E-state index contributed by atoms with van der Waals surface area (Å²) in [4.78, 5) is -0.307. The van der Waals surface area contributed by atoms with E-state index in [0.29, 0.717) is 0 Å². The standard InChI is InChI=1S/C6H5FO3S.CH3FO4S/c7-5-1-3-6(4-2-5)11(8,9)10;2-1-6-7(3,4)5/h1-4H,(H,8,9,10);1H2,(H,3,4,5). The molecule has 1 rings (SSSR count). The zero-order chi connectivity index (χ0) is 14.4. The fraction of sp³-hybridized carbons (Fsp3) is 0.143. The van der Waals surface area contributed by atoms with Crippen LogP contribution in [0, 0.1) is 5.82 Å². The van der Waals surface area contributed by atoms with Crippen LogP contribution in [0.15, 0.2) is 29.2 Å². The summed E-state index contributed by atoms with van der Waals surface area (Å²) in [6, 6.07) is 3.90. The third kappa shape index (κ3) is 8.03. The smallest absolute Gasteiger partial charge is 0.282 e. The first kappa shape index (κ1) is 16.9. The van der Waals surface area contributed by atoms with Gasteiger partial charge in [0.25, 0.3) is 10.1 Å². The predicted octanol–water partition coefficient (Wildman–Crippen LogP) is 0.805. The molecule has 0 saturated carbocycles. The van der Waals surface area contributed by atoms with Crippen LogP contribution in [0.5, 0.6) is 0 Å². The molecule has 0 aliphatic rings. The first-order valence-corrected chi connectivity index (χ1v) is 6.77. The van der Waals surface area contributed by atoms with Gasteiger partial charge in [0, 0.05) is 0 Å². The van der Waals surface area contributed by atoms with E-state index < -0.39 is 33.2 Å². The van der Waals surface area contributed by atoms with Gasteiger partial charge >= 0.3 is 10.4 Å². The Hall–Kier alpha value is -1.14. The molecule has 0 aliphatic carbocycles. The van der Waals surface area contributed by atoms with E-state index in [0.717, 1.165) is 24.3 Å². The zero-order valence-electron chi connectivity index (χ0n) is 8.52. The lowest BCUT2D eigenvalue weighted by Gasteiger charge is -1.93. The van der Waals surface area contributed by atoms with Crippen LogP contribution in [0.4, 0.5) is 8.78 Å². The van der Waals surface area contributed by atoms with Crippen LogP contribution in [0.25, 0.3) is 0 Å². The number of alkyl halides is 1. The molecule has 0 radical (unpaired) electrons. The van der Waals surface area contributed by atoms with Crippen molar-refractivity contribution >= 4 is 20.5 Å². The van der Waals surface area contributed by atoms with E-state index in [9.17, 15) is 25.6 Å². The van der Waals surface area contributed by atoms with Crippen LogP contribution >= 0.6 is 0 Å². The van der Waals surface area contributed by atoms with E-state index in [-0.39, 0.29) is 4.90 Å². The molecule has 0 bridgehead atoms. The van der Waals surface area contributed by atoms with Gasteiger partial charge in [0.15, 0.2) is 0 Å². The lowest BCUT2D eigenvalue weighted by Crippen LogP contribution is -2.00. The Morgan fingerprint density at radius 3 is 1.72 bits per heavy atom. The maximum atomic E-state index is 12.2. The van der Waals surface area contributed by atoms with Gasteiger partial charge < -0.3 is 0 Å². The van der Waals surface area contributed by atoms with Crippen LogP contribution < -0.4 is 0 Å². The van der Waals surface area contributed by atoms with Gasteiger partial charge in [-0.1, -0.05) is 0 Å². The summed E-state index contributed by atoms with van der Waals surface area (Å²) >= 11 is 0. The van der Waals surface area contributed by atoms with E-state index in [1.165, 1.54) is 0 Å². The molecule has 0 unspecified atom stereocenters. The molecule has 0 aliphatic heterocycles. The molecule has 1 aromatic carbocycles. The number of hydrogen-bond donors (Lipinski definition) is 2. The summed E-state index contributed by atoms with van der Waals surface area (Å²) in [7, 11) is -8.74. The molecule has 0 saturated heterocycles. The summed E-state index contributed by atoms with van der Waals surface area (Å²) in [5.74, 6) is -0.544. The third-order valence-corrected chi connectivity index (χ3v) is 2.56. The van der Waals surface area contributed by atoms with E-state index >= 15 is 0 Å². The van der Waals surface area contributed by atoms with Gasteiger partial charge in [-0.15, -0.1) is 0 Å². The molecule has 11 heteroatoms. The summed E-state index contributed by atoms with van der Waals surface area (Å²) in [6.45, 7) is -1.53. The Kier molecular flexibility index (Phi) is 6.28. The van der Waals surface area contributed by atoms with E-state index in [2.05, 4.69) is 4.18 Å². The first-order valence-electron chi connectivity index (χ1n) is 3.97. The lowest BCUT2D eigenvalue weighted by atomic mass is 10.4. The SMILES string of the molecule is O=S(=O)(O)OCF.O=S(=O)(O)c1ccc(F)cc1. The van der Waals surface area contributed by atoms with E-state index in [1.807, 2.05) is 0 Å². The van der Waals surface area contributed by atoms with Gasteiger partial charge in [0.1, 0.15) is 5.82 Å². The number of rotatable bonds is 3. The topological polar surface area (TPSA) is 118 Å². The molecule has 0 amide bonds. The van der Waals surface area contributed by atoms with Gasteiger partial charge in [0.05, 0.1) is 4.90 Å². The number of hydrogen-bond acceptors (Lipinski definition) is 5. The van der Waals surface area contributed by atoms with Crippen LogP contribution in [-0.4, -0.2) is 32.8 Å². The molecule has 7 nitrogen and oxygen atoms in total. The van der Waals surface area contributed by atoms with Gasteiger partial charge in [-0.3, -0.25) is 9.11 Å². The highest BCUT2D eigenvalue weighted by Gasteiger charge is 2.07. The van der Waals surface area contributed by atoms with Crippen molar-refractivity contribution in [2.45, 2.75) is 4.90 Å². The van der Waals surface area contributed by atoms with Crippen molar-refractivity contribution in [2.24, 2.45) is 0 Å². The van der Waals surface area contributed by atoms with Crippen LogP contribution in [0.3, 0.4) is 0 Å². The van der Waals surface area contributed by atoms with Gasteiger partial charge in [0.2, 0.25) is 6.86 Å². The highest BCUT2D eigenvalue weighted by molar-refractivity contribution is 7.85. The Balaban J connectivity index is 0.000000360. The second-order valence-electron chi connectivity index (χ2n) is 2.58. The average molecular weight is 306 g/mol. The van der Waals surface area contributed by atoms with Crippen molar-refractivity contribution in [3.8, 4) is 0 Å². The molecule has 104 valence electrons. The maximum absolute atomic E-state index is 12.2. The highest BCUT2D eigenvalue weighted by atomic mass is 32.3. The van der Waals surface area contributed by atoms with Crippen LogP contribution in [-0.2, 0) is 24.7 Å². The fourth-order valence-electron chi connectivity index (χ4n) is 0.663. The second kappa shape index (κ2) is 6.70. The predicted molar refractivity (Wildman–Crippen MR) is 54.8 cm³/mol. The van der Waals surface area contributed by atoms with Crippen molar-refractivity contribution < 1.29 is 38.9 Å². The molecule has 0 aromatic heterocycles. The summed E-state index contributed by atoms with van der Waals surface area (Å²) in [5, 5.41) is 0. The number of benzene rings is 1. The van der Waals surface area contributed by atoms with Crippen molar-refractivity contribution in [3.63, 3.8) is 0 Å². The minimum absolute atomic E-state index is 0.307. The van der Waals surface area contributed by atoms with Crippen molar-refractivity contribution in [1.82, 2.24) is 0 Å². The molecular weight excluding hydrogens is 298 g/mol. The monoisotopic (exact) mass is 306 g/mol. The largest absolute Gasteiger partial charge is 0.399 e. The third-order valence-electron chi connectivity index (χ3n) is 1.30. The second-order valence-corrected chi connectivity index (χ2v) is 5.10. The molecule has 1 aromatic rings. The Labute approximate surface area is 102 Å². The van der Waals surface area contributed by atoms with E-state index in [1.54, 1.807) is 0 Å². The van der Waals surface area contributed by atoms with Crippen LogP contribution in [0.1, 0.15) is 0 Å². The van der Waals surface area contributed by atoms with Crippen LogP contribution in [0.2, 0.25) is 0 Å².